The molecule has 0 spiro atoms. The summed E-state index contributed by atoms with van der Waals surface area (Å²) < 4.78 is 5.32. The van der Waals surface area contributed by atoms with Crippen molar-refractivity contribution >= 4 is 23.2 Å². The zero-order valence-electron chi connectivity index (χ0n) is 13.7. The summed E-state index contributed by atoms with van der Waals surface area (Å²) in [5, 5.41) is 3.26. The monoisotopic (exact) mass is 331 g/mol. The van der Waals surface area contributed by atoms with Crippen LogP contribution in [0.5, 0.6) is 5.75 Å². The fourth-order valence-electron chi connectivity index (χ4n) is 2.87. The molecule has 0 atom stereocenters. The second-order valence-electron chi connectivity index (χ2n) is 5.69. The number of hydrogen-bond acceptors (Lipinski definition) is 6. The molecule has 0 aliphatic carbocycles. The van der Waals surface area contributed by atoms with Gasteiger partial charge in [0.15, 0.2) is 0 Å². The standard InChI is InChI=1S/C19H17N5O/c1-25-15-4-2-3-12(9-15)18-16-10-14(6-5-13(16)11-22-18)23-17-7-8-21-19(20)24-17/h2-10H,11H2,1H3,(H3,20,21,23,24). The Morgan fingerprint density at radius 1 is 1.12 bits per heavy atom. The van der Waals surface area contributed by atoms with Gasteiger partial charge >= 0.3 is 0 Å². The molecule has 1 aliphatic heterocycles. The molecule has 3 N–H and O–H groups in total. The molecule has 6 nitrogen and oxygen atoms in total. The number of rotatable bonds is 4. The highest BCUT2D eigenvalue weighted by molar-refractivity contribution is 6.15. The number of nitrogens with one attached hydrogen (secondary N) is 1. The number of nitrogens with two attached hydrogens (primary N) is 1. The molecule has 6 heteroatoms. The Labute approximate surface area is 145 Å². The van der Waals surface area contributed by atoms with Gasteiger partial charge in [-0.25, -0.2) is 4.98 Å². The predicted molar refractivity (Wildman–Crippen MR) is 98.5 cm³/mol. The van der Waals surface area contributed by atoms with E-state index in [2.05, 4.69) is 27.4 Å². The number of fused-ring (bicyclic) bond motifs is 1. The topological polar surface area (TPSA) is 85.4 Å². The summed E-state index contributed by atoms with van der Waals surface area (Å²) in [6, 6.07) is 15.9. The smallest absolute Gasteiger partial charge is 0.221 e. The highest BCUT2D eigenvalue weighted by Gasteiger charge is 2.18. The SMILES string of the molecule is COc1cccc(C2=NCc3ccc(Nc4ccnc(N)n4)cc32)c1. The maximum atomic E-state index is 5.63. The second kappa shape index (κ2) is 6.24. The van der Waals surface area contributed by atoms with Crippen LogP contribution in [0.3, 0.4) is 0 Å². The minimum Gasteiger partial charge on any atom is -0.497 e. The molecule has 0 saturated carbocycles. The first kappa shape index (κ1) is 15.1. The fraction of sp³-hybridized carbons (Fsp3) is 0.105. The number of anilines is 3. The molecule has 0 unspecified atom stereocenters. The molecule has 0 fully saturated rings. The summed E-state index contributed by atoms with van der Waals surface area (Å²) in [6.45, 7) is 0.683. The van der Waals surface area contributed by atoms with E-state index in [4.69, 9.17) is 15.5 Å². The van der Waals surface area contributed by atoms with Gasteiger partial charge in [-0.2, -0.15) is 4.98 Å². The number of nitrogens with zero attached hydrogens (tertiary/aromatic N) is 3. The van der Waals surface area contributed by atoms with E-state index in [1.54, 1.807) is 19.4 Å². The fourth-order valence-corrected chi connectivity index (χ4v) is 2.87. The summed E-state index contributed by atoms with van der Waals surface area (Å²) in [4.78, 5) is 12.8. The van der Waals surface area contributed by atoms with E-state index in [1.165, 1.54) is 5.56 Å². The van der Waals surface area contributed by atoms with E-state index in [1.807, 2.05) is 30.3 Å². The third-order valence-electron chi connectivity index (χ3n) is 4.06. The van der Waals surface area contributed by atoms with Crippen LogP contribution in [0.25, 0.3) is 0 Å². The number of aliphatic imine (C=N–C) groups is 1. The summed E-state index contributed by atoms with van der Waals surface area (Å²) in [7, 11) is 1.67. The van der Waals surface area contributed by atoms with Crippen LogP contribution in [0.4, 0.5) is 17.5 Å². The minimum absolute atomic E-state index is 0.241. The summed E-state index contributed by atoms with van der Waals surface area (Å²) in [5.41, 5.74) is 10.9. The Bertz CT molecular complexity index is 968. The Kier molecular flexibility index (Phi) is 3.78. The normalized spacial score (nSPS) is 12.4. The number of methoxy groups -OCH3 is 1. The van der Waals surface area contributed by atoms with E-state index >= 15 is 0 Å². The first-order chi connectivity index (χ1) is 12.2. The largest absolute Gasteiger partial charge is 0.497 e. The molecule has 2 heterocycles. The van der Waals surface area contributed by atoms with E-state index in [0.717, 1.165) is 28.3 Å². The van der Waals surface area contributed by atoms with Gasteiger partial charge in [0.05, 0.1) is 19.4 Å². The number of hydrogen-bond donors (Lipinski definition) is 2. The summed E-state index contributed by atoms with van der Waals surface area (Å²) >= 11 is 0. The summed E-state index contributed by atoms with van der Waals surface area (Å²) in [6.07, 6.45) is 1.63. The maximum absolute atomic E-state index is 5.63. The van der Waals surface area contributed by atoms with Crippen molar-refractivity contribution in [2.24, 2.45) is 4.99 Å². The molecule has 124 valence electrons. The number of aromatic nitrogens is 2. The Hall–Kier alpha value is -3.41. The Balaban J connectivity index is 1.67. The van der Waals surface area contributed by atoms with Crippen LogP contribution in [0.2, 0.25) is 0 Å². The molecule has 0 saturated heterocycles. The van der Waals surface area contributed by atoms with Crippen molar-refractivity contribution in [3.63, 3.8) is 0 Å². The lowest BCUT2D eigenvalue weighted by Gasteiger charge is -2.10. The van der Waals surface area contributed by atoms with Gasteiger partial charge in [-0.15, -0.1) is 0 Å². The number of benzene rings is 2. The van der Waals surface area contributed by atoms with Crippen molar-refractivity contribution in [2.75, 3.05) is 18.2 Å². The zero-order chi connectivity index (χ0) is 17.2. The van der Waals surface area contributed by atoms with E-state index in [0.29, 0.717) is 12.4 Å². The first-order valence-electron chi connectivity index (χ1n) is 7.90. The van der Waals surface area contributed by atoms with Gasteiger partial charge < -0.3 is 15.8 Å². The molecule has 0 bridgehead atoms. The lowest BCUT2D eigenvalue weighted by molar-refractivity contribution is 0.414. The van der Waals surface area contributed by atoms with Gasteiger partial charge in [-0.3, -0.25) is 4.99 Å². The molecule has 1 aromatic heterocycles. The van der Waals surface area contributed by atoms with Crippen LogP contribution in [0.15, 0.2) is 59.7 Å². The van der Waals surface area contributed by atoms with Gasteiger partial charge in [0.1, 0.15) is 11.6 Å². The van der Waals surface area contributed by atoms with Gasteiger partial charge in [-0.05, 0) is 35.9 Å². The van der Waals surface area contributed by atoms with Gasteiger partial charge in [0.25, 0.3) is 0 Å². The Morgan fingerprint density at radius 3 is 2.88 bits per heavy atom. The third kappa shape index (κ3) is 3.01. The van der Waals surface area contributed by atoms with Crippen molar-refractivity contribution in [1.29, 1.82) is 0 Å². The van der Waals surface area contributed by atoms with Crippen molar-refractivity contribution in [3.05, 3.63) is 71.4 Å². The third-order valence-corrected chi connectivity index (χ3v) is 4.06. The molecule has 3 aromatic rings. The number of nitrogen functional groups attached to an aromatic ring is 1. The van der Waals surface area contributed by atoms with Crippen molar-refractivity contribution in [2.45, 2.75) is 6.54 Å². The Morgan fingerprint density at radius 2 is 2.04 bits per heavy atom. The quantitative estimate of drug-likeness (QED) is 0.767. The van der Waals surface area contributed by atoms with Crippen LogP contribution in [-0.2, 0) is 6.54 Å². The van der Waals surface area contributed by atoms with Crippen LogP contribution in [-0.4, -0.2) is 22.8 Å². The average molecular weight is 331 g/mol. The first-order valence-corrected chi connectivity index (χ1v) is 7.90. The van der Waals surface area contributed by atoms with Crippen LogP contribution in [0, 0.1) is 0 Å². The number of ether oxygens (including phenoxy) is 1. The van der Waals surface area contributed by atoms with Crippen LogP contribution >= 0.6 is 0 Å². The zero-order valence-corrected chi connectivity index (χ0v) is 13.7. The maximum Gasteiger partial charge on any atom is 0.221 e. The van der Waals surface area contributed by atoms with Gasteiger partial charge in [0, 0.05) is 23.0 Å². The summed E-state index contributed by atoms with van der Waals surface area (Å²) in [5.74, 6) is 1.72. The van der Waals surface area contributed by atoms with E-state index in [-0.39, 0.29) is 5.95 Å². The van der Waals surface area contributed by atoms with Crippen LogP contribution in [0.1, 0.15) is 16.7 Å². The van der Waals surface area contributed by atoms with Gasteiger partial charge in [-0.1, -0.05) is 18.2 Å². The predicted octanol–water partition coefficient (Wildman–Crippen LogP) is 3.16. The lowest BCUT2D eigenvalue weighted by atomic mass is 9.99. The molecule has 0 radical (unpaired) electrons. The highest BCUT2D eigenvalue weighted by Crippen LogP contribution is 2.28. The van der Waals surface area contributed by atoms with Crippen LogP contribution < -0.4 is 15.8 Å². The molecule has 25 heavy (non-hydrogen) atoms. The highest BCUT2D eigenvalue weighted by atomic mass is 16.5. The van der Waals surface area contributed by atoms with Crippen molar-refractivity contribution in [3.8, 4) is 5.75 Å². The van der Waals surface area contributed by atoms with E-state index < -0.39 is 0 Å². The van der Waals surface area contributed by atoms with E-state index in [9.17, 15) is 0 Å². The molecule has 2 aromatic carbocycles. The molecule has 4 rings (SSSR count). The molecular formula is C19H17N5O. The van der Waals surface area contributed by atoms with Gasteiger partial charge in [0.2, 0.25) is 5.95 Å². The molecule has 0 amide bonds. The molecule has 1 aliphatic rings. The molecular weight excluding hydrogens is 314 g/mol. The lowest BCUT2D eigenvalue weighted by Crippen LogP contribution is -2.03. The van der Waals surface area contributed by atoms with Crippen molar-refractivity contribution < 1.29 is 4.74 Å². The minimum atomic E-state index is 0.241. The van der Waals surface area contributed by atoms with Crippen molar-refractivity contribution in [1.82, 2.24) is 9.97 Å². The average Bonchev–Trinajstić information content (AvgIpc) is 3.05. The second-order valence-corrected chi connectivity index (χ2v) is 5.69.